The Morgan fingerprint density at radius 2 is 2.24 bits per heavy atom. The molecule has 0 spiro atoms. The summed E-state index contributed by atoms with van der Waals surface area (Å²) in [4.78, 5) is 2.14. The molecule has 0 bridgehead atoms. The molecule has 4 heterocycles. The molecule has 5 unspecified atom stereocenters. The van der Waals surface area contributed by atoms with E-state index in [2.05, 4.69) is 31.2 Å². The van der Waals surface area contributed by atoms with E-state index in [0.717, 1.165) is 47.9 Å². The quantitative estimate of drug-likeness (QED) is 0.291. The Hall–Kier alpha value is -2.21. The summed E-state index contributed by atoms with van der Waals surface area (Å²) in [7, 11) is 0. The zero-order valence-electron chi connectivity index (χ0n) is 18.4. The number of fused-ring (bicyclic) bond motifs is 1. The third-order valence-corrected chi connectivity index (χ3v) is 8.51. The van der Waals surface area contributed by atoms with Gasteiger partial charge in [0, 0.05) is 61.2 Å². The molecule has 1 aromatic heterocycles. The van der Waals surface area contributed by atoms with Crippen molar-refractivity contribution in [2.75, 3.05) is 25.0 Å². The summed E-state index contributed by atoms with van der Waals surface area (Å²) in [6.45, 7) is 2.41. The van der Waals surface area contributed by atoms with Crippen LogP contribution in [0.1, 0.15) is 30.9 Å². The maximum atomic E-state index is 13.3. The molecular formula is C22H31FN8S2. The number of hydrogen-bond donors (Lipinski definition) is 5. The fourth-order valence-corrected chi connectivity index (χ4v) is 6.68. The van der Waals surface area contributed by atoms with Gasteiger partial charge in [-0.3, -0.25) is 0 Å². The van der Waals surface area contributed by atoms with Gasteiger partial charge in [0.1, 0.15) is 23.5 Å². The van der Waals surface area contributed by atoms with Gasteiger partial charge >= 0.3 is 0 Å². The van der Waals surface area contributed by atoms with E-state index >= 15 is 0 Å². The van der Waals surface area contributed by atoms with Crippen LogP contribution in [-0.2, 0) is 0 Å². The van der Waals surface area contributed by atoms with E-state index in [4.69, 9.17) is 15.8 Å². The van der Waals surface area contributed by atoms with Crippen LogP contribution in [0, 0.1) is 0 Å². The van der Waals surface area contributed by atoms with Gasteiger partial charge in [-0.25, -0.2) is 8.70 Å². The summed E-state index contributed by atoms with van der Waals surface area (Å²) >= 11 is 3.36. The molecule has 3 aliphatic heterocycles. The summed E-state index contributed by atoms with van der Waals surface area (Å²) in [6, 6.07) is 2.18. The van der Waals surface area contributed by atoms with Crippen LogP contribution in [0.25, 0.3) is 0 Å². The van der Waals surface area contributed by atoms with Crippen molar-refractivity contribution in [3.8, 4) is 0 Å². The van der Waals surface area contributed by atoms with Gasteiger partial charge in [-0.05, 0) is 36.9 Å². The van der Waals surface area contributed by atoms with Crippen LogP contribution >= 0.6 is 23.5 Å². The lowest BCUT2D eigenvalue weighted by Crippen LogP contribution is -2.56. The molecule has 5 atom stereocenters. The molecule has 1 fully saturated rings. The molecule has 5 rings (SSSR count). The van der Waals surface area contributed by atoms with E-state index in [1.807, 2.05) is 36.6 Å². The molecule has 0 radical (unpaired) electrons. The molecule has 11 heteroatoms. The second-order valence-electron chi connectivity index (χ2n) is 8.66. The van der Waals surface area contributed by atoms with Crippen LogP contribution in [0.3, 0.4) is 0 Å². The minimum atomic E-state index is -0.767. The number of hydrogen-bond acceptors (Lipinski definition) is 10. The Morgan fingerprint density at radius 3 is 3.03 bits per heavy atom. The standard InChI is InChI=1S/C22H31FN8S2/c23-16-1-3-17(4-2-16)33-30-7-5-14(13-30)18-9-20(32-29-18)28-21-22-27-12-19(15(10-24)11-25)31(22)8-6-26-21/h1,3,6,8-10,12,14,16-17,21-22,26-28H,2,4-5,7,11,13,24-25H2/b15-10+. The van der Waals surface area contributed by atoms with E-state index in [0.29, 0.717) is 24.1 Å². The number of halogens is 1. The van der Waals surface area contributed by atoms with Gasteiger partial charge in [-0.15, -0.1) is 0 Å². The molecule has 0 aromatic carbocycles. The van der Waals surface area contributed by atoms with Gasteiger partial charge in [0.25, 0.3) is 0 Å². The molecule has 7 N–H and O–H groups in total. The summed E-state index contributed by atoms with van der Waals surface area (Å²) in [5.41, 5.74) is 14.6. The van der Waals surface area contributed by atoms with Crippen LogP contribution in [0.5, 0.6) is 0 Å². The highest BCUT2D eigenvalue weighted by Gasteiger charge is 2.35. The summed E-state index contributed by atoms with van der Waals surface area (Å²) in [6.07, 6.45) is 13.0. The Balaban J connectivity index is 1.17. The number of aromatic nitrogens is 1. The Morgan fingerprint density at radius 1 is 1.33 bits per heavy atom. The van der Waals surface area contributed by atoms with Gasteiger partial charge < -0.3 is 32.3 Å². The van der Waals surface area contributed by atoms with Crippen molar-refractivity contribution in [2.45, 2.75) is 48.9 Å². The van der Waals surface area contributed by atoms with E-state index in [-0.39, 0.29) is 12.3 Å². The van der Waals surface area contributed by atoms with Gasteiger partial charge in [0.2, 0.25) is 0 Å². The van der Waals surface area contributed by atoms with E-state index in [9.17, 15) is 4.39 Å². The van der Waals surface area contributed by atoms with Crippen molar-refractivity contribution in [3.05, 3.63) is 60.0 Å². The first-order valence-corrected chi connectivity index (χ1v) is 13.0. The molecule has 1 saturated heterocycles. The van der Waals surface area contributed by atoms with Crippen molar-refractivity contribution in [1.82, 2.24) is 24.2 Å². The summed E-state index contributed by atoms with van der Waals surface area (Å²) < 4.78 is 20.5. The van der Waals surface area contributed by atoms with Crippen molar-refractivity contribution < 1.29 is 4.39 Å². The molecule has 178 valence electrons. The van der Waals surface area contributed by atoms with Crippen molar-refractivity contribution in [3.63, 3.8) is 0 Å². The fraction of sp³-hybridized carbons (Fsp3) is 0.500. The first-order chi connectivity index (χ1) is 16.1. The zero-order valence-corrected chi connectivity index (χ0v) is 20.0. The topological polar surface area (TPSA) is 107 Å². The van der Waals surface area contributed by atoms with E-state index < -0.39 is 6.17 Å². The summed E-state index contributed by atoms with van der Waals surface area (Å²) in [5, 5.41) is 11.8. The van der Waals surface area contributed by atoms with Crippen LogP contribution in [0.4, 0.5) is 9.39 Å². The maximum absolute atomic E-state index is 13.3. The average molecular weight is 491 g/mol. The molecule has 0 saturated carbocycles. The Bertz CT molecular complexity index is 960. The predicted octanol–water partition coefficient (Wildman–Crippen LogP) is 2.32. The monoisotopic (exact) mass is 490 g/mol. The third kappa shape index (κ3) is 4.86. The zero-order chi connectivity index (χ0) is 22.8. The smallest absolute Gasteiger partial charge is 0.142 e. The van der Waals surface area contributed by atoms with E-state index in [1.165, 1.54) is 11.5 Å². The average Bonchev–Trinajstić information content (AvgIpc) is 3.57. The second-order valence-corrected chi connectivity index (χ2v) is 10.8. The molecule has 33 heavy (non-hydrogen) atoms. The normalized spacial score (nSPS) is 31.8. The molecular weight excluding hydrogens is 459 g/mol. The number of anilines is 1. The second kappa shape index (κ2) is 9.96. The van der Waals surface area contributed by atoms with Crippen LogP contribution < -0.4 is 27.4 Å². The van der Waals surface area contributed by atoms with Crippen LogP contribution in [0.2, 0.25) is 0 Å². The molecule has 0 amide bonds. The third-order valence-electron chi connectivity index (χ3n) is 6.49. The highest BCUT2D eigenvalue weighted by atomic mass is 32.2. The molecule has 8 nitrogen and oxygen atoms in total. The fourth-order valence-electron chi connectivity index (χ4n) is 4.66. The van der Waals surface area contributed by atoms with Crippen LogP contribution in [0.15, 0.2) is 54.3 Å². The molecule has 1 aromatic rings. The number of allylic oxidation sites excluding steroid dienone is 1. The van der Waals surface area contributed by atoms with Gasteiger partial charge in [-0.1, -0.05) is 24.1 Å². The molecule has 4 aliphatic rings. The summed E-state index contributed by atoms with van der Waals surface area (Å²) in [5.74, 6) is 0.432. The lowest BCUT2D eigenvalue weighted by Gasteiger charge is -2.36. The lowest BCUT2D eigenvalue weighted by atomic mass is 10.1. The van der Waals surface area contributed by atoms with E-state index in [1.54, 1.807) is 12.3 Å². The number of rotatable bonds is 7. The predicted molar refractivity (Wildman–Crippen MR) is 134 cm³/mol. The highest BCUT2D eigenvalue weighted by Crippen LogP contribution is 2.36. The Kier molecular flexibility index (Phi) is 6.81. The number of nitrogens with zero attached hydrogens (tertiary/aromatic N) is 3. The number of nitrogens with one attached hydrogen (secondary N) is 3. The van der Waals surface area contributed by atoms with Crippen molar-refractivity contribution in [2.24, 2.45) is 11.5 Å². The first kappa shape index (κ1) is 22.6. The SMILES string of the molecule is N/C=C(\CN)C1=CNC2C(Nc3cc(C4CCN(SC5C=CC(F)CC5)C4)ns3)NC=CN12. The van der Waals surface area contributed by atoms with Crippen molar-refractivity contribution in [1.29, 1.82) is 0 Å². The van der Waals surface area contributed by atoms with Gasteiger partial charge in [-0.2, -0.15) is 4.37 Å². The molecule has 1 aliphatic carbocycles. The maximum Gasteiger partial charge on any atom is 0.142 e. The van der Waals surface area contributed by atoms with Gasteiger partial charge in [0.05, 0.1) is 11.4 Å². The number of alkyl halides is 1. The highest BCUT2D eigenvalue weighted by molar-refractivity contribution is 7.97. The van der Waals surface area contributed by atoms with Gasteiger partial charge in [0.15, 0.2) is 0 Å². The Labute approximate surface area is 202 Å². The first-order valence-electron chi connectivity index (χ1n) is 11.4. The largest absolute Gasteiger partial charge is 0.404 e. The lowest BCUT2D eigenvalue weighted by molar-refractivity contribution is 0.274. The van der Waals surface area contributed by atoms with Crippen LogP contribution in [-0.4, -0.2) is 57.0 Å². The number of nitrogens with two attached hydrogens (primary N) is 2. The van der Waals surface area contributed by atoms with Crippen molar-refractivity contribution >= 4 is 28.5 Å². The minimum absolute atomic E-state index is 0.00267. The minimum Gasteiger partial charge on any atom is -0.404 e.